The van der Waals surface area contributed by atoms with E-state index in [9.17, 15) is 19.8 Å². The van der Waals surface area contributed by atoms with Crippen molar-refractivity contribution in [3.05, 3.63) is 93.3 Å². The number of carbonyl (C=O) groups excluding carboxylic acids is 1. The normalized spacial score (nSPS) is 12.1. The summed E-state index contributed by atoms with van der Waals surface area (Å²) in [7, 11) is 1.59. The SMILES string of the molecule is COc1ccc(-c2oc3c(c(C)cc4oc(=O)cc(C)c43)c2CC(=O)NCC(O)c2ccc(O)cc2)cc1. The molecule has 0 saturated heterocycles. The maximum absolute atomic E-state index is 13.1. The van der Waals surface area contributed by atoms with Crippen LogP contribution in [0.3, 0.4) is 0 Å². The van der Waals surface area contributed by atoms with Gasteiger partial charge in [0.15, 0.2) is 0 Å². The second kappa shape index (κ2) is 10.1. The largest absolute Gasteiger partial charge is 0.508 e. The van der Waals surface area contributed by atoms with Gasteiger partial charge in [-0.1, -0.05) is 12.1 Å². The molecule has 0 aliphatic rings. The predicted octanol–water partition coefficient (Wildman–Crippen LogP) is 4.93. The first-order valence-electron chi connectivity index (χ1n) is 12.1. The Morgan fingerprint density at radius 1 is 0.974 bits per heavy atom. The van der Waals surface area contributed by atoms with Crippen LogP contribution in [0.4, 0.5) is 0 Å². The van der Waals surface area contributed by atoms with E-state index in [-0.39, 0.29) is 24.6 Å². The van der Waals surface area contributed by atoms with Gasteiger partial charge in [-0.3, -0.25) is 4.79 Å². The third-order valence-electron chi connectivity index (χ3n) is 6.62. The number of aliphatic hydroxyl groups is 1. The highest BCUT2D eigenvalue weighted by Crippen LogP contribution is 2.40. The van der Waals surface area contributed by atoms with E-state index >= 15 is 0 Å². The summed E-state index contributed by atoms with van der Waals surface area (Å²) in [5.74, 6) is 1.01. The summed E-state index contributed by atoms with van der Waals surface area (Å²) in [4.78, 5) is 25.1. The van der Waals surface area contributed by atoms with Gasteiger partial charge in [0.25, 0.3) is 0 Å². The first kappa shape index (κ1) is 25.1. The molecule has 8 heteroatoms. The van der Waals surface area contributed by atoms with E-state index < -0.39 is 11.7 Å². The van der Waals surface area contributed by atoms with Gasteiger partial charge in [-0.25, -0.2) is 4.79 Å². The fraction of sp³-hybridized carbons (Fsp3) is 0.200. The maximum atomic E-state index is 13.1. The van der Waals surface area contributed by atoms with E-state index in [1.54, 1.807) is 25.3 Å². The number of nitrogens with one attached hydrogen (secondary N) is 1. The number of carbonyl (C=O) groups is 1. The molecule has 1 unspecified atom stereocenters. The molecule has 8 nitrogen and oxygen atoms in total. The summed E-state index contributed by atoms with van der Waals surface area (Å²) in [5.41, 5.74) is 4.06. The van der Waals surface area contributed by atoms with Gasteiger partial charge in [-0.15, -0.1) is 0 Å². The van der Waals surface area contributed by atoms with E-state index in [1.807, 2.05) is 38.1 Å². The number of rotatable bonds is 7. The molecule has 1 atom stereocenters. The van der Waals surface area contributed by atoms with E-state index in [0.717, 1.165) is 16.5 Å². The van der Waals surface area contributed by atoms with E-state index in [2.05, 4.69) is 5.32 Å². The van der Waals surface area contributed by atoms with Gasteiger partial charge in [0.1, 0.15) is 28.4 Å². The average molecular weight is 514 g/mol. The predicted molar refractivity (Wildman–Crippen MR) is 143 cm³/mol. The van der Waals surface area contributed by atoms with Gasteiger partial charge in [0.2, 0.25) is 5.91 Å². The lowest BCUT2D eigenvalue weighted by molar-refractivity contribution is -0.120. The molecule has 0 spiro atoms. The molecule has 0 aliphatic carbocycles. The number of furan rings is 1. The number of benzene rings is 3. The van der Waals surface area contributed by atoms with Crippen LogP contribution in [0.15, 0.2) is 74.3 Å². The van der Waals surface area contributed by atoms with Gasteiger partial charge in [0, 0.05) is 29.1 Å². The van der Waals surface area contributed by atoms with Crippen molar-refractivity contribution in [3.8, 4) is 22.8 Å². The first-order valence-corrected chi connectivity index (χ1v) is 12.1. The summed E-state index contributed by atoms with van der Waals surface area (Å²) in [6.07, 6.45) is -0.934. The van der Waals surface area contributed by atoms with Crippen LogP contribution in [-0.4, -0.2) is 29.8 Å². The molecule has 3 N–H and O–H groups in total. The minimum atomic E-state index is -0.932. The van der Waals surface area contributed by atoms with Crippen LogP contribution in [0.25, 0.3) is 33.3 Å². The minimum absolute atomic E-state index is 0.00115. The van der Waals surface area contributed by atoms with Crippen LogP contribution in [0.5, 0.6) is 11.5 Å². The molecule has 194 valence electrons. The fourth-order valence-electron chi connectivity index (χ4n) is 4.74. The van der Waals surface area contributed by atoms with Gasteiger partial charge in [0.05, 0.1) is 25.0 Å². The molecule has 2 heterocycles. The quantitative estimate of drug-likeness (QED) is 0.264. The topological polar surface area (TPSA) is 122 Å². The number of methoxy groups -OCH3 is 1. The number of fused-ring (bicyclic) bond motifs is 3. The number of amides is 1. The highest BCUT2D eigenvalue weighted by molar-refractivity contribution is 6.09. The van der Waals surface area contributed by atoms with Crippen LogP contribution >= 0.6 is 0 Å². The summed E-state index contributed by atoms with van der Waals surface area (Å²) >= 11 is 0. The number of hydrogen-bond acceptors (Lipinski definition) is 7. The second-order valence-corrected chi connectivity index (χ2v) is 9.25. The van der Waals surface area contributed by atoms with Crippen molar-refractivity contribution in [2.45, 2.75) is 26.4 Å². The Kier molecular flexibility index (Phi) is 6.65. The molecule has 1 amide bonds. The lowest BCUT2D eigenvalue weighted by atomic mass is 9.97. The Morgan fingerprint density at radius 2 is 1.66 bits per heavy atom. The lowest BCUT2D eigenvalue weighted by Crippen LogP contribution is -2.29. The number of hydrogen-bond donors (Lipinski definition) is 3. The standard InChI is InChI=1S/C30H27NO7/c1-16-12-24-28(17(2)13-26(35)37-24)30-27(16)22(29(38-30)19-6-10-21(36-3)11-7-19)14-25(34)31-15-23(33)18-4-8-20(32)9-5-18/h4-13,23,32-33H,14-15H2,1-3H3,(H,31,34). The Hall–Kier alpha value is -4.56. The van der Waals surface area contributed by atoms with Crippen LogP contribution in [-0.2, 0) is 11.2 Å². The minimum Gasteiger partial charge on any atom is -0.508 e. The monoisotopic (exact) mass is 513 g/mol. The molecule has 0 radical (unpaired) electrons. The number of aromatic hydroxyl groups is 1. The van der Waals surface area contributed by atoms with E-state index in [0.29, 0.717) is 44.8 Å². The zero-order valence-electron chi connectivity index (χ0n) is 21.2. The van der Waals surface area contributed by atoms with Crippen LogP contribution in [0.2, 0.25) is 0 Å². The third kappa shape index (κ3) is 4.73. The molecule has 38 heavy (non-hydrogen) atoms. The van der Waals surface area contributed by atoms with Crippen molar-refractivity contribution in [3.63, 3.8) is 0 Å². The van der Waals surface area contributed by atoms with Crippen molar-refractivity contribution in [2.75, 3.05) is 13.7 Å². The Balaban J connectivity index is 1.56. The highest BCUT2D eigenvalue weighted by atomic mass is 16.5. The molecule has 0 bridgehead atoms. The molecular weight excluding hydrogens is 486 g/mol. The molecule has 3 aromatic carbocycles. The number of ether oxygens (including phenoxy) is 1. The van der Waals surface area contributed by atoms with E-state index in [1.165, 1.54) is 18.2 Å². The van der Waals surface area contributed by atoms with E-state index in [4.69, 9.17) is 13.6 Å². The van der Waals surface area contributed by atoms with Crippen molar-refractivity contribution < 1.29 is 28.6 Å². The Bertz CT molecular complexity index is 1700. The maximum Gasteiger partial charge on any atom is 0.336 e. The highest BCUT2D eigenvalue weighted by Gasteiger charge is 2.24. The Morgan fingerprint density at radius 3 is 2.34 bits per heavy atom. The van der Waals surface area contributed by atoms with Crippen LogP contribution in [0, 0.1) is 13.8 Å². The first-order chi connectivity index (χ1) is 18.2. The van der Waals surface area contributed by atoms with Crippen molar-refractivity contribution >= 4 is 27.8 Å². The van der Waals surface area contributed by atoms with Gasteiger partial charge >= 0.3 is 5.63 Å². The Labute approximate surface area is 218 Å². The third-order valence-corrected chi connectivity index (χ3v) is 6.62. The van der Waals surface area contributed by atoms with Gasteiger partial charge < -0.3 is 29.1 Å². The summed E-state index contributed by atoms with van der Waals surface area (Å²) in [6, 6.07) is 16.7. The zero-order chi connectivity index (χ0) is 27.0. The molecule has 5 aromatic rings. The fourth-order valence-corrected chi connectivity index (χ4v) is 4.74. The van der Waals surface area contributed by atoms with Crippen LogP contribution in [0.1, 0.15) is 28.4 Å². The van der Waals surface area contributed by atoms with Crippen molar-refractivity contribution in [1.82, 2.24) is 5.32 Å². The number of aryl methyl sites for hydroxylation is 2. The smallest absolute Gasteiger partial charge is 0.336 e. The van der Waals surface area contributed by atoms with Gasteiger partial charge in [-0.05, 0) is 73.0 Å². The second-order valence-electron chi connectivity index (χ2n) is 9.25. The molecule has 0 aliphatic heterocycles. The summed E-state index contributed by atoms with van der Waals surface area (Å²) in [5, 5.41) is 24.2. The number of phenolic OH excluding ortho intramolecular Hbond substituents is 1. The summed E-state index contributed by atoms with van der Waals surface area (Å²) < 4.78 is 17.2. The number of aliphatic hydroxyl groups excluding tert-OH is 1. The van der Waals surface area contributed by atoms with Gasteiger partial charge in [-0.2, -0.15) is 0 Å². The molecule has 5 rings (SSSR count). The van der Waals surface area contributed by atoms with Crippen molar-refractivity contribution in [2.24, 2.45) is 0 Å². The molecule has 0 saturated carbocycles. The van der Waals surface area contributed by atoms with Crippen molar-refractivity contribution in [1.29, 1.82) is 0 Å². The zero-order valence-corrected chi connectivity index (χ0v) is 21.2. The van der Waals surface area contributed by atoms with Crippen LogP contribution < -0.4 is 15.7 Å². The lowest BCUT2D eigenvalue weighted by Gasteiger charge is -2.13. The summed E-state index contributed by atoms with van der Waals surface area (Å²) in [6.45, 7) is 3.71. The molecule has 2 aromatic heterocycles. The molecular formula is C30H27NO7. The molecule has 0 fully saturated rings. The average Bonchev–Trinajstić information content (AvgIpc) is 3.26. The number of phenols is 1.